The molecule has 0 aliphatic heterocycles. The highest BCUT2D eigenvalue weighted by atomic mass is 15.0. The molecule has 1 aromatic heterocycles. The fourth-order valence-corrected chi connectivity index (χ4v) is 2.98. The molecule has 0 saturated carbocycles. The Labute approximate surface area is 135 Å². The minimum Gasteiger partial charge on any atom is -0.333 e. The number of aromatic nitrogens is 2. The fraction of sp³-hybridized carbons (Fsp3) is 0.550. The van der Waals surface area contributed by atoms with Crippen molar-refractivity contribution in [1.29, 1.82) is 0 Å². The molecule has 0 saturated heterocycles. The first-order valence-electron chi connectivity index (χ1n) is 8.20. The van der Waals surface area contributed by atoms with Gasteiger partial charge in [0.1, 0.15) is 0 Å². The molecule has 22 heavy (non-hydrogen) atoms. The summed E-state index contributed by atoms with van der Waals surface area (Å²) >= 11 is 0. The molecule has 2 nitrogen and oxygen atoms in total. The number of nitrogens with zero attached hydrogens (tertiary/aromatic N) is 2. The summed E-state index contributed by atoms with van der Waals surface area (Å²) in [6.07, 6.45) is 6.90. The second-order valence-corrected chi connectivity index (χ2v) is 8.66. The predicted octanol–water partition coefficient (Wildman–Crippen LogP) is 5.50. The van der Waals surface area contributed by atoms with E-state index in [4.69, 9.17) is 0 Å². The summed E-state index contributed by atoms with van der Waals surface area (Å²) in [5.41, 5.74) is 3.40. The molecule has 2 aromatic rings. The number of imidazole rings is 1. The van der Waals surface area contributed by atoms with Crippen LogP contribution in [0, 0.1) is 10.8 Å². The van der Waals surface area contributed by atoms with Crippen molar-refractivity contribution in [2.24, 2.45) is 10.8 Å². The molecule has 0 aliphatic carbocycles. The normalized spacial score (nSPS) is 14.1. The van der Waals surface area contributed by atoms with E-state index >= 15 is 0 Å². The van der Waals surface area contributed by atoms with Gasteiger partial charge in [-0.25, -0.2) is 4.98 Å². The van der Waals surface area contributed by atoms with Gasteiger partial charge in [0.2, 0.25) is 0 Å². The van der Waals surface area contributed by atoms with Crippen LogP contribution in [0.4, 0.5) is 0 Å². The Bertz CT molecular complexity index is 566. The Morgan fingerprint density at radius 1 is 1.00 bits per heavy atom. The second-order valence-electron chi connectivity index (χ2n) is 8.66. The number of hydrogen-bond donors (Lipinski definition) is 0. The highest BCUT2D eigenvalue weighted by molar-refractivity contribution is 5.27. The van der Waals surface area contributed by atoms with E-state index in [0.29, 0.717) is 11.3 Å². The van der Waals surface area contributed by atoms with Crippen LogP contribution in [0.25, 0.3) is 0 Å². The molecule has 1 aromatic carbocycles. The number of hydrogen-bond acceptors (Lipinski definition) is 1. The quantitative estimate of drug-likeness (QED) is 0.729. The monoisotopic (exact) mass is 298 g/mol. The molecule has 1 unspecified atom stereocenters. The van der Waals surface area contributed by atoms with Crippen molar-refractivity contribution in [3.8, 4) is 0 Å². The first-order chi connectivity index (χ1) is 10.1. The zero-order valence-electron chi connectivity index (χ0n) is 14.9. The van der Waals surface area contributed by atoms with Crippen molar-refractivity contribution < 1.29 is 0 Å². The molecular formula is C20H30N2. The Balaban J connectivity index is 2.18. The van der Waals surface area contributed by atoms with E-state index in [1.54, 1.807) is 0 Å². The molecule has 2 heteroatoms. The Morgan fingerprint density at radius 3 is 2.09 bits per heavy atom. The zero-order chi connectivity index (χ0) is 16.4. The summed E-state index contributed by atoms with van der Waals surface area (Å²) < 4.78 is 2.10. The molecule has 2 rings (SSSR count). The van der Waals surface area contributed by atoms with Crippen LogP contribution in [-0.2, 0) is 6.54 Å². The first kappa shape index (κ1) is 16.8. The van der Waals surface area contributed by atoms with Crippen molar-refractivity contribution in [1.82, 2.24) is 9.55 Å². The molecule has 120 valence electrons. The van der Waals surface area contributed by atoms with E-state index in [9.17, 15) is 0 Å². The van der Waals surface area contributed by atoms with Crippen LogP contribution in [0.2, 0.25) is 0 Å². The average molecular weight is 298 g/mol. The zero-order valence-corrected chi connectivity index (χ0v) is 14.9. The molecule has 0 radical (unpaired) electrons. The molecule has 1 heterocycles. The lowest BCUT2D eigenvalue weighted by Gasteiger charge is -2.36. The number of rotatable bonds is 4. The maximum Gasteiger partial charge on any atom is 0.0949 e. The lowest BCUT2D eigenvalue weighted by atomic mass is 9.69. The molecule has 0 aliphatic rings. The van der Waals surface area contributed by atoms with Gasteiger partial charge in [0, 0.05) is 18.9 Å². The molecular weight excluding hydrogens is 268 g/mol. The lowest BCUT2D eigenvalue weighted by molar-refractivity contribution is 0.229. The first-order valence-corrected chi connectivity index (χ1v) is 8.20. The Morgan fingerprint density at radius 2 is 1.64 bits per heavy atom. The maximum absolute atomic E-state index is 4.10. The third-order valence-corrected chi connectivity index (χ3v) is 4.17. The highest BCUT2D eigenvalue weighted by Crippen LogP contribution is 2.43. The van der Waals surface area contributed by atoms with Crippen LogP contribution in [0.5, 0.6) is 0 Å². The van der Waals surface area contributed by atoms with E-state index in [2.05, 4.69) is 75.4 Å². The van der Waals surface area contributed by atoms with Crippen molar-refractivity contribution in [2.75, 3.05) is 0 Å². The summed E-state index contributed by atoms with van der Waals surface area (Å²) in [5.74, 6) is 0.579. The van der Waals surface area contributed by atoms with E-state index in [1.165, 1.54) is 17.5 Å². The molecule has 0 amide bonds. The largest absolute Gasteiger partial charge is 0.333 e. The van der Waals surface area contributed by atoms with E-state index in [0.717, 1.165) is 6.54 Å². The smallest absolute Gasteiger partial charge is 0.0949 e. The molecule has 0 spiro atoms. The van der Waals surface area contributed by atoms with Crippen LogP contribution < -0.4 is 0 Å². The van der Waals surface area contributed by atoms with Gasteiger partial charge in [0.05, 0.1) is 6.33 Å². The predicted molar refractivity (Wildman–Crippen MR) is 94.0 cm³/mol. The molecule has 1 atom stereocenters. The standard InChI is InChI=1S/C20H30N2/c1-19(2,3)13-18(20(4,5)6)17-9-7-16(8-10-17)14-22-12-11-21-15-22/h7-12,15,18H,13-14H2,1-6H3. The average Bonchev–Trinajstić information content (AvgIpc) is 2.88. The van der Waals surface area contributed by atoms with Crippen molar-refractivity contribution in [3.63, 3.8) is 0 Å². The van der Waals surface area contributed by atoms with Gasteiger partial charge in [-0.3, -0.25) is 0 Å². The second kappa shape index (κ2) is 6.28. The maximum atomic E-state index is 4.10. The topological polar surface area (TPSA) is 17.8 Å². The van der Waals surface area contributed by atoms with Gasteiger partial charge in [-0.2, -0.15) is 0 Å². The van der Waals surface area contributed by atoms with E-state index < -0.39 is 0 Å². The van der Waals surface area contributed by atoms with Crippen molar-refractivity contribution in [2.45, 2.75) is 60.4 Å². The van der Waals surface area contributed by atoms with Crippen LogP contribution >= 0.6 is 0 Å². The third kappa shape index (κ3) is 4.72. The SMILES string of the molecule is CC(C)(C)CC(c1ccc(Cn2ccnc2)cc1)C(C)(C)C. The van der Waals surface area contributed by atoms with Gasteiger partial charge < -0.3 is 4.57 Å². The van der Waals surface area contributed by atoms with Crippen LogP contribution in [-0.4, -0.2) is 9.55 Å². The minimum atomic E-state index is 0.277. The summed E-state index contributed by atoms with van der Waals surface area (Å²) in [6, 6.07) is 9.15. The van der Waals surface area contributed by atoms with Crippen molar-refractivity contribution >= 4 is 0 Å². The van der Waals surface area contributed by atoms with Gasteiger partial charge in [-0.05, 0) is 34.3 Å². The van der Waals surface area contributed by atoms with Gasteiger partial charge in [-0.15, -0.1) is 0 Å². The molecule has 0 N–H and O–H groups in total. The van der Waals surface area contributed by atoms with Gasteiger partial charge in [-0.1, -0.05) is 65.8 Å². The van der Waals surface area contributed by atoms with Gasteiger partial charge in [0.25, 0.3) is 0 Å². The van der Waals surface area contributed by atoms with E-state index in [-0.39, 0.29) is 5.41 Å². The number of benzene rings is 1. The van der Waals surface area contributed by atoms with Crippen LogP contribution in [0.3, 0.4) is 0 Å². The molecule has 0 bridgehead atoms. The minimum absolute atomic E-state index is 0.277. The summed E-state index contributed by atoms with van der Waals surface area (Å²) in [7, 11) is 0. The van der Waals surface area contributed by atoms with E-state index in [1.807, 2.05) is 18.7 Å². The lowest BCUT2D eigenvalue weighted by Crippen LogP contribution is -2.23. The summed E-state index contributed by atoms with van der Waals surface area (Å²) in [5, 5.41) is 0. The highest BCUT2D eigenvalue weighted by Gasteiger charge is 2.30. The third-order valence-electron chi connectivity index (χ3n) is 4.17. The van der Waals surface area contributed by atoms with Gasteiger partial charge >= 0.3 is 0 Å². The van der Waals surface area contributed by atoms with Crippen LogP contribution in [0.15, 0.2) is 43.0 Å². The fourth-order valence-electron chi connectivity index (χ4n) is 2.98. The van der Waals surface area contributed by atoms with Crippen LogP contribution in [0.1, 0.15) is 65.0 Å². The van der Waals surface area contributed by atoms with Crippen molar-refractivity contribution in [3.05, 3.63) is 54.1 Å². The summed E-state index contributed by atoms with van der Waals surface area (Å²) in [4.78, 5) is 4.10. The molecule has 0 fully saturated rings. The Hall–Kier alpha value is -1.57. The van der Waals surface area contributed by atoms with Gasteiger partial charge in [0.15, 0.2) is 0 Å². The summed E-state index contributed by atoms with van der Waals surface area (Å²) in [6.45, 7) is 14.9. The Kier molecular flexibility index (Phi) is 4.79.